The molecule has 0 fully saturated rings. The van der Waals surface area contributed by atoms with Crippen LogP contribution < -0.4 is 10.5 Å². The Kier molecular flexibility index (Phi) is 3.49. The molecule has 0 amide bonds. The normalized spacial score (nSPS) is 10.3. The van der Waals surface area contributed by atoms with E-state index < -0.39 is 5.82 Å². The molecule has 2 N–H and O–H groups in total. The van der Waals surface area contributed by atoms with Crippen molar-refractivity contribution in [3.05, 3.63) is 45.9 Å². The van der Waals surface area contributed by atoms with E-state index in [1.165, 1.54) is 12.3 Å². The minimum atomic E-state index is -0.580. The van der Waals surface area contributed by atoms with Gasteiger partial charge in [-0.2, -0.15) is 0 Å². The molecule has 0 unspecified atom stereocenters. The van der Waals surface area contributed by atoms with Crippen molar-refractivity contribution in [1.29, 1.82) is 0 Å². The van der Waals surface area contributed by atoms with Gasteiger partial charge in [-0.25, -0.2) is 4.39 Å². The second-order valence-corrected chi connectivity index (χ2v) is 4.57. The van der Waals surface area contributed by atoms with Gasteiger partial charge in [0.05, 0.1) is 16.9 Å². The first-order chi connectivity index (χ1) is 8.06. The second kappa shape index (κ2) is 4.89. The summed E-state index contributed by atoms with van der Waals surface area (Å²) in [4.78, 5) is 3.93. The van der Waals surface area contributed by atoms with Crippen molar-refractivity contribution >= 4 is 33.2 Å². The molecule has 88 valence electrons. The van der Waals surface area contributed by atoms with Crippen molar-refractivity contribution in [3.63, 3.8) is 0 Å². The van der Waals surface area contributed by atoms with Crippen LogP contribution in [0.5, 0.6) is 11.5 Å². The summed E-state index contributed by atoms with van der Waals surface area (Å²) in [6.45, 7) is 0. The number of nitrogens with two attached hydrogens (primary N) is 1. The van der Waals surface area contributed by atoms with Gasteiger partial charge in [-0.05, 0) is 22.0 Å². The van der Waals surface area contributed by atoms with E-state index in [2.05, 4.69) is 20.9 Å². The number of halogens is 3. The molecule has 0 aliphatic rings. The summed E-state index contributed by atoms with van der Waals surface area (Å²) in [7, 11) is 0. The zero-order valence-electron chi connectivity index (χ0n) is 8.45. The van der Waals surface area contributed by atoms with Crippen LogP contribution in [0.15, 0.2) is 35.1 Å². The van der Waals surface area contributed by atoms with Crippen LogP contribution in [0.4, 0.5) is 10.1 Å². The van der Waals surface area contributed by atoms with Crippen LogP contribution in [0, 0.1) is 5.82 Å². The van der Waals surface area contributed by atoms with E-state index in [0.717, 1.165) is 10.5 Å². The summed E-state index contributed by atoms with van der Waals surface area (Å²) in [6, 6.07) is 4.15. The predicted octanol–water partition coefficient (Wildman–Crippen LogP) is 4.01. The molecule has 1 aromatic heterocycles. The monoisotopic (exact) mass is 316 g/mol. The summed E-state index contributed by atoms with van der Waals surface area (Å²) in [5, 5.41) is -0.0443. The first-order valence-electron chi connectivity index (χ1n) is 4.59. The van der Waals surface area contributed by atoms with Crippen molar-refractivity contribution in [2.75, 3.05) is 5.73 Å². The number of pyridine rings is 1. The molecule has 0 aliphatic heterocycles. The lowest BCUT2D eigenvalue weighted by Gasteiger charge is -2.09. The Labute approximate surface area is 110 Å². The van der Waals surface area contributed by atoms with Gasteiger partial charge in [0.25, 0.3) is 0 Å². The summed E-state index contributed by atoms with van der Waals surface area (Å²) in [5.74, 6) is 0.189. The van der Waals surface area contributed by atoms with Crippen LogP contribution >= 0.6 is 27.5 Å². The first-order valence-corrected chi connectivity index (χ1v) is 5.76. The molecule has 3 nitrogen and oxygen atoms in total. The Morgan fingerprint density at radius 1 is 1.29 bits per heavy atom. The first kappa shape index (κ1) is 12.1. The van der Waals surface area contributed by atoms with Gasteiger partial charge < -0.3 is 10.5 Å². The average molecular weight is 318 g/mol. The van der Waals surface area contributed by atoms with Crippen LogP contribution in [0.3, 0.4) is 0 Å². The molecule has 2 aromatic rings. The smallest absolute Gasteiger partial charge is 0.152 e. The van der Waals surface area contributed by atoms with Crippen molar-refractivity contribution in [2.24, 2.45) is 0 Å². The fraction of sp³-hybridized carbons (Fsp3) is 0. The minimum absolute atomic E-state index is 0.0443. The molecule has 0 bridgehead atoms. The van der Waals surface area contributed by atoms with E-state index in [4.69, 9.17) is 22.1 Å². The quantitative estimate of drug-likeness (QED) is 0.851. The highest BCUT2D eigenvalue weighted by Crippen LogP contribution is 2.32. The van der Waals surface area contributed by atoms with Crippen LogP contribution in [-0.4, -0.2) is 4.98 Å². The summed E-state index contributed by atoms with van der Waals surface area (Å²) in [5.41, 5.74) is 5.79. The van der Waals surface area contributed by atoms with E-state index >= 15 is 0 Å². The molecular weight excluding hydrogens is 310 g/mol. The maximum absolute atomic E-state index is 13.1. The Morgan fingerprint density at radius 3 is 2.76 bits per heavy atom. The summed E-state index contributed by atoms with van der Waals surface area (Å²) < 4.78 is 19.3. The third kappa shape index (κ3) is 2.87. The molecule has 0 atom stereocenters. The number of benzene rings is 1. The van der Waals surface area contributed by atoms with E-state index in [1.54, 1.807) is 12.3 Å². The van der Waals surface area contributed by atoms with Gasteiger partial charge in [-0.1, -0.05) is 11.6 Å². The molecule has 0 aliphatic carbocycles. The van der Waals surface area contributed by atoms with Gasteiger partial charge in [0.1, 0.15) is 11.6 Å². The predicted molar refractivity (Wildman–Crippen MR) is 67.8 cm³/mol. The van der Waals surface area contributed by atoms with Crippen LogP contribution in [0.25, 0.3) is 0 Å². The number of ether oxygens (including phenoxy) is 1. The summed E-state index contributed by atoms with van der Waals surface area (Å²) >= 11 is 8.91. The maximum atomic E-state index is 13.1. The summed E-state index contributed by atoms with van der Waals surface area (Å²) in [6.07, 6.45) is 3.13. The molecule has 6 heteroatoms. The van der Waals surface area contributed by atoms with Gasteiger partial charge in [-0.15, -0.1) is 0 Å². The second-order valence-electron chi connectivity index (χ2n) is 3.25. The van der Waals surface area contributed by atoms with Gasteiger partial charge in [0.2, 0.25) is 0 Å². The number of nitrogen functional groups attached to an aromatic ring is 1. The number of hydrogen-bond acceptors (Lipinski definition) is 3. The largest absolute Gasteiger partial charge is 0.453 e. The van der Waals surface area contributed by atoms with E-state index in [0.29, 0.717) is 5.75 Å². The number of hydrogen-bond donors (Lipinski definition) is 1. The van der Waals surface area contributed by atoms with Crippen LogP contribution in [0.1, 0.15) is 0 Å². The molecule has 0 radical (unpaired) electrons. The van der Waals surface area contributed by atoms with E-state index in [-0.39, 0.29) is 16.5 Å². The molecule has 1 heterocycles. The zero-order valence-corrected chi connectivity index (χ0v) is 10.8. The third-order valence-corrected chi connectivity index (χ3v) is 2.68. The Hall–Kier alpha value is -1.33. The molecule has 1 aromatic carbocycles. The lowest BCUT2D eigenvalue weighted by atomic mass is 10.3. The van der Waals surface area contributed by atoms with E-state index in [9.17, 15) is 4.39 Å². The number of aromatic nitrogens is 1. The fourth-order valence-electron chi connectivity index (χ4n) is 1.21. The number of nitrogens with zero attached hydrogens (tertiary/aromatic N) is 1. The van der Waals surface area contributed by atoms with Gasteiger partial charge in [-0.3, -0.25) is 4.98 Å². The highest BCUT2D eigenvalue weighted by molar-refractivity contribution is 9.10. The van der Waals surface area contributed by atoms with Gasteiger partial charge in [0, 0.05) is 22.8 Å². The third-order valence-electron chi connectivity index (χ3n) is 1.96. The SMILES string of the molecule is Nc1cc(F)c(Cl)cc1Oc1cncc(Br)c1. The molecular formula is C11H7BrClFN2O. The minimum Gasteiger partial charge on any atom is -0.453 e. The molecule has 0 spiro atoms. The number of anilines is 1. The lowest BCUT2D eigenvalue weighted by molar-refractivity contribution is 0.480. The van der Waals surface area contributed by atoms with Crippen molar-refractivity contribution in [2.45, 2.75) is 0 Å². The van der Waals surface area contributed by atoms with Crippen LogP contribution in [-0.2, 0) is 0 Å². The molecule has 17 heavy (non-hydrogen) atoms. The number of rotatable bonds is 2. The Balaban J connectivity index is 2.33. The van der Waals surface area contributed by atoms with Crippen LogP contribution in [0.2, 0.25) is 5.02 Å². The highest BCUT2D eigenvalue weighted by Gasteiger charge is 2.08. The maximum Gasteiger partial charge on any atom is 0.152 e. The molecule has 0 saturated carbocycles. The van der Waals surface area contributed by atoms with Crippen molar-refractivity contribution in [3.8, 4) is 11.5 Å². The fourth-order valence-corrected chi connectivity index (χ4v) is 1.71. The highest BCUT2D eigenvalue weighted by atomic mass is 79.9. The Bertz CT molecular complexity index is 565. The lowest BCUT2D eigenvalue weighted by Crippen LogP contribution is -1.94. The average Bonchev–Trinajstić information content (AvgIpc) is 2.26. The molecule has 0 saturated heterocycles. The molecule has 2 rings (SSSR count). The van der Waals surface area contributed by atoms with Gasteiger partial charge in [0.15, 0.2) is 5.75 Å². The van der Waals surface area contributed by atoms with Gasteiger partial charge >= 0.3 is 0 Å². The van der Waals surface area contributed by atoms with E-state index in [1.807, 2.05) is 0 Å². The van der Waals surface area contributed by atoms with Crippen molar-refractivity contribution < 1.29 is 9.13 Å². The topological polar surface area (TPSA) is 48.1 Å². The van der Waals surface area contributed by atoms with Crippen molar-refractivity contribution in [1.82, 2.24) is 4.98 Å². The standard InChI is InChI=1S/C11H7BrClFN2O/c12-6-1-7(5-16-4-6)17-11-2-8(13)9(14)3-10(11)15/h1-5H,15H2. The Morgan fingerprint density at radius 2 is 2.06 bits per heavy atom. The zero-order chi connectivity index (χ0) is 12.4.